The van der Waals surface area contributed by atoms with Crippen molar-refractivity contribution in [2.75, 3.05) is 0 Å². The Kier molecular flexibility index (Phi) is 13.1. The second-order valence-corrected chi connectivity index (χ2v) is 13.1. The smallest absolute Gasteiger partial charge is 0.111 e. The maximum Gasteiger partial charge on any atom is 0.111 e. The van der Waals surface area contributed by atoms with E-state index in [0.717, 1.165) is 45.3 Å². The largest absolute Gasteiger partial charge is 0.297 e. The van der Waals surface area contributed by atoms with Crippen LogP contribution < -0.4 is 10.4 Å². The first-order valence-corrected chi connectivity index (χ1v) is 18.2. The average Bonchev–Trinajstić information content (AvgIpc) is 3.49. The SMILES string of the molecule is C=C(/C=C\C)c1cc2nc(C)n(-c3ccccc3)c2cc1C.C=CC.C=c1cc(C)cc/c1=C(\c1ccccc1)c1ccccc1Cc1ccccc1. The van der Waals surface area contributed by atoms with Gasteiger partial charge in [0.05, 0.1) is 11.0 Å². The molecule has 53 heavy (non-hydrogen) atoms. The molecule has 7 aromatic rings. The van der Waals surface area contributed by atoms with Gasteiger partial charge in [0.25, 0.3) is 0 Å². The predicted molar refractivity (Wildman–Crippen MR) is 230 cm³/mol. The Morgan fingerprint density at radius 1 is 0.698 bits per heavy atom. The summed E-state index contributed by atoms with van der Waals surface area (Å²) < 4.78 is 2.20. The van der Waals surface area contributed by atoms with Crippen molar-refractivity contribution in [3.63, 3.8) is 0 Å². The molecular weight excluding hydrogens is 641 g/mol. The Bertz CT molecular complexity index is 2450. The molecule has 0 saturated heterocycles. The minimum atomic E-state index is 0.908. The van der Waals surface area contributed by atoms with Gasteiger partial charge >= 0.3 is 0 Å². The first-order valence-electron chi connectivity index (χ1n) is 18.2. The van der Waals surface area contributed by atoms with E-state index in [1.807, 2.05) is 39.0 Å². The summed E-state index contributed by atoms with van der Waals surface area (Å²) in [6.45, 7) is 22.0. The number of para-hydroxylation sites is 1. The highest BCUT2D eigenvalue weighted by Gasteiger charge is 2.13. The Labute approximate surface area is 316 Å². The highest BCUT2D eigenvalue weighted by atomic mass is 15.1. The zero-order valence-corrected chi connectivity index (χ0v) is 31.8. The van der Waals surface area contributed by atoms with Gasteiger partial charge in [-0.1, -0.05) is 158 Å². The number of aromatic nitrogens is 2. The number of benzene rings is 6. The van der Waals surface area contributed by atoms with Crippen LogP contribution in [0.25, 0.3) is 34.4 Å². The van der Waals surface area contributed by atoms with Gasteiger partial charge in [0.2, 0.25) is 0 Å². The zero-order valence-electron chi connectivity index (χ0n) is 31.8. The van der Waals surface area contributed by atoms with Crippen molar-refractivity contribution in [2.45, 2.75) is 41.0 Å². The molecule has 1 heterocycles. The molecule has 2 nitrogen and oxygen atoms in total. The van der Waals surface area contributed by atoms with Crippen molar-refractivity contribution >= 4 is 28.8 Å². The summed E-state index contributed by atoms with van der Waals surface area (Å²) in [4.78, 5) is 4.73. The Balaban J connectivity index is 0.000000195. The number of allylic oxidation sites excluding steroid dienone is 4. The molecule has 264 valence electrons. The van der Waals surface area contributed by atoms with E-state index in [1.165, 1.54) is 44.2 Å². The summed E-state index contributed by atoms with van der Waals surface area (Å²) in [6, 6.07) is 51.3. The third-order valence-corrected chi connectivity index (χ3v) is 9.01. The molecule has 2 heteroatoms. The first-order chi connectivity index (χ1) is 25.7. The van der Waals surface area contributed by atoms with Gasteiger partial charge in [0.15, 0.2) is 0 Å². The number of fused-ring (bicyclic) bond motifs is 1. The average molecular weight is 691 g/mol. The van der Waals surface area contributed by atoms with Gasteiger partial charge in [-0.25, -0.2) is 4.98 Å². The lowest BCUT2D eigenvalue weighted by molar-refractivity contribution is 1.00. The first kappa shape index (κ1) is 38.0. The number of rotatable bonds is 7. The summed E-state index contributed by atoms with van der Waals surface area (Å²) >= 11 is 0. The normalized spacial score (nSPS) is 11.3. The van der Waals surface area contributed by atoms with E-state index in [4.69, 9.17) is 4.98 Å². The zero-order chi connectivity index (χ0) is 37.7. The quantitative estimate of drug-likeness (QED) is 0.120. The summed E-state index contributed by atoms with van der Waals surface area (Å²) in [7, 11) is 0. The molecular formula is C51H50N2. The number of nitrogens with zero attached hydrogens (tertiary/aromatic N) is 2. The minimum Gasteiger partial charge on any atom is -0.297 e. The van der Waals surface area contributed by atoms with E-state index < -0.39 is 0 Å². The molecule has 0 saturated carbocycles. The molecule has 7 rings (SSSR count). The maximum absolute atomic E-state index is 4.73. The summed E-state index contributed by atoms with van der Waals surface area (Å²) in [5.74, 6) is 0.995. The van der Waals surface area contributed by atoms with Crippen LogP contribution in [-0.4, -0.2) is 9.55 Å². The van der Waals surface area contributed by atoms with Gasteiger partial charge in [0.1, 0.15) is 5.82 Å². The molecule has 0 aliphatic heterocycles. The van der Waals surface area contributed by atoms with E-state index in [0.29, 0.717) is 0 Å². The lowest BCUT2D eigenvalue weighted by Crippen LogP contribution is -2.27. The summed E-state index contributed by atoms with van der Waals surface area (Å²) in [5, 5.41) is 2.26. The number of imidazole rings is 1. The van der Waals surface area contributed by atoms with Gasteiger partial charge < -0.3 is 0 Å². The topological polar surface area (TPSA) is 17.8 Å². The molecule has 0 spiro atoms. The molecule has 0 N–H and O–H groups in total. The third-order valence-electron chi connectivity index (χ3n) is 9.01. The monoisotopic (exact) mass is 690 g/mol. The molecule has 0 amide bonds. The summed E-state index contributed by atoms with van der Waals surface area (Å²) in [5.41, 5.74) is 14.3. The van der Waals surface area contributed by atoms with Gasteiger partial charge in [-0.2, -0.15) is 0 Å². The van der Waals surface area contributed by atoms with Crippen LogP contribution in [0.2, 0.25) is 0 Å². The lowest BCUT2D eigenvalue weighted by Gasteiger charge is -2.15. The second kappa shape index (κ2) is 18.3. The van der Waals surface area contributed by atoms with Crippen molar-refractivity contribution < 1.29 is 0 Å². The third kappa shape index (κ3) is 9.36. The predicted octanol–water partition coefficient (Wildman–Crippen LogP) is 11.7. The number of hydrogen-bond donors (Lipinski definition) is 0. The van der Waals surface area contributed by atoms with Crippen molar-refractivity contribution in [2.24, 2.45) is 0 Å². The van der Waals surface area contributed by atoms with Gasteiger partial charge in [-0.05, 0) is 120 Å². The molecule has 6 aromatic carbocycles. The lowest BCUT2D eigenvalue weighted by atomic mass is 9.89. The van der Waals surface area contributed by atoms with Crippen molar-refractivity contribution in [1.29, 1.82) is 0 Å². The fourth-order valence-corrected chi connectivity index (χ4v) is 6.65. The molecule has 0 fully saturated rings. The van der Waals surface area contributed by atoms with Crippen molar-refractivity contribution in [3.8, 4) is 5.69 Å². The van der Waals surface area contributed by atoms with E-state index in [9.17, 15) is 0 Å². The van der Waals surface area contributed by atoms with Crippen LogP contribution in [0.4, 0.5) is 0 Å². The van der Waals surface area contributed by atoms with Crippen LogP contribution in [0.3, 0.4) is 0 Å². The van der Waals surface area contributed by atoms with E-state index in [1.54, 1.807) is 6.08 Å². The highest BCUT2D eigenvalue weighted by molar-refractivity contribution is 5.86. The number of hydrogen-bond acceptors (Lipinski definition) is 1. The van der Waals surface area contributed by atoms with Gasteiger partial charge in [-0.3, -0.25) is 4.57 Å². The Morgan fingerprint density at radius 2 is 1.30 bits per heavy atom. The van der Waals surface area contributed by atoms with Crippen LogP contribution in [0.15, 0.2) is 177 Å². The fourth-order valence-electron chi connectivity index (χ4n) is 6.65. The van der Waals surface area contributed by atoms with Crippen molar-refractivity contribution in [1.82, 2.24) is 9.55 Å². The molecule has 0 radical (unpaired) electrons. The molecule has 0 unspecified atom stereocenters. The molecule has 0 aliphatic carbocycles. The van der Waals surface area contributed by atoms with E-state index >= 15 is 0 Å². The summed E-state index contributed by atoms with van der Waals surface area (Å²) in [6.07, 6.45) is 6.71. The van der Waals surface area contributed by atoms with E-state index in [2.05, 4.69) is 178 Å². The van der Waals surface area contributed by atoms with Gasteiger partial charge in [0, 0.05) is 5.69 Å². The van der Waals surface area contributed by atoms with Crippen LogP contribution in [-0.2, 0) is 6.42 Å². The standard InChI is InChI=1S/C28H24.C20H20N2.C3H6/c1-21-17-18-26(22(2)19-21)28(24-13-7-4-8-14-24)27-16-10-9-15-25(27)20-23-11-5-3-6-12-23;1-5-9-14(2)18-13-19-20(12-15(18)3)22(16(4)21-19)17-10-7-6-8-11-17;1-3-2/h3-19H,2,20H2,1H3;5-13H,2H2,1,3-4H3;3H,1H2,2H3/b28-26-;9-5-;. The molecule has 0 bridgehead atoms. The van der Waals surface area contributed by atoms with Crippen LogP contribution >= 0.6 is 0 Å². The Morgan fingerprint density at radius 3 is 1.94 bits per heavy atom. The van der Waals surface area contributed by atoms with Crippen LogP contribution in [0.1, 0.15) is 58.6 Å². The second-order valence-electron chi connectivity index (χ2n) is 13.1. The molecule has 0 aliphatic rings. The molecule has 1 aromatic heterocycles. The maximum atomic E-state index is 4.73. The van der Waals surface area contributed by atoms with E-state index in [-0.39, 0.29) is 0 Å². The van der Waals surface area contributed by atoms with Gasteiger partial charge in [-0.15, -0.1) is 6.58 Å². The minimum absolute atomic E-state index is 0.908. The highest BCUT2D eigenvalue weighted by Crippen LogP contribution is 2.28. The van der Waals surface area contributed by atoms with Crippen molar-refractivity contribution in [3.05, 3.63) is 232 Å². The van der Waals surface area contributed by atoms with Crippen LogP contribution in [0, 0.1) is 20.8 Å². The fraction of sp³-hybridized carbons (Fsp3) is 0.118. The van der Waals surface area contributed by atoms with Crippen LogP contribution in [0.5, 0.6) is 0 Å². The Hall–Kier alpha value is -6.25. The molecule has 0 atom stereocenters. The number of aryl methyl sites for hydroxylation is 3.